The second-order valence-corrected chi connectivity index (χ2v) is 1.92. The van der Waals surface area contributed by atoms with Crippen LogP contribution in [0.2, 0.25) is 0 Å². The van der Waals surface area contributed by atoms with Crippen LogP contribution in [0.4, 0.5) is 8.78 Å². The van der Waals surface area contributed by atoms with Gasteiger partial charge in [-0.05, 0) is 0 Å². The Morgan fingerprint density at radius 2 is 2.10 bits per heavy atom. The van der Waals surface area contributed by atoms with Gasteiger partial charge in [-0.25, -0.2) is 8.78 Å². The molecule has 0 aliphatic heterocycles. The predicted octanol–water partition coefficient (Wildman–Crippen LogP) is 0.663. The molecule has 0 bridgehead atoms. The van der Waals surface area contributed by atoms with Crippen molar-refractivity contribution in [2.75, 3.05) is 0 Å². The van der Waals surface area contributed by atoms with Gasteiger partial charge in [0.25, 0.3) is 5.56 Å². The van der Waals surface area contributed by atoms with Crippen LogP contribution in [0.3, 0.4) is 0 Å². The van der Waals surface area contributed by atoms with Gasteiger partial charge in [-0.2, -0.15) is 0 Å². The van der Waals surface area contributed by atoms with Crippen molar-refractivity contribution in [1.82, 2.24) is 4.57 Å². The van der Waals surface area contributed by atoms with E-state index >= 15 is 0 Å². The third-order valence-electron chi connectivity index (χ3n) is 1.11. The maximum absolute atomic E-state index is 12.3. The number of halogens is 2. The van der Waals surface area contributed by atoms with E-state index in [2.05, 4.69) is 0 Å². The maximum atomic E-state index is 12.3. The van der Waals surface area contributed by atoms with Gasteiger partial charge in [0, 0.05) is 19.3 Å². The van der Waals surface area contributed by atoms with Gasteiger partial charge >= 0.3 is 0 Å². The number of pyridine rings is 1. The molecule has 2 nitrogen and oxygen atoms in total. The molecule has 0 spiro atoms. The maximum Gasteiger partial charge on any atom is 0.286 e. The Hall–Kier alpha value is -1.19. The van der Waals surface area contributed by atoms with Crippen molar-refractivity contribution < 1.29 is 8.78 Å². The summed E-state index contributed by atoms with van der Waals surface area (Å²) in [6.07, 6.45) is 0.922. The molecule has 0 aromatic carbocycles. The van der Waals surface area contributed by atoms with E-state index < -0.39 is 17.2 Å². The summed E-state index contributed by atoms with van der Waals surface area (Å²) in [4.78, 5) is 10.5. The number of aromatic nitrogens is 1. The standard InChI is InChI=1S/C6H5F2NO/c1-9-3-4(7)2-5(8)6(9)10/h2-3H,1H3. The molecule has 1 heterocycles. The molecule has 0 atom stereocenters. The minimum Gasteiger partial charge on any atom is -0.313 e. The van der Waals surface area contributed by atoms with E-state index in [1.54, 1.807) is 0 Å². The van der Waals surface area contributed by atoms with Crippen LogP contribution in [-0.2, 0) is 7.05 Å². The Morgan fingerprint density at radius 1 is 1.50 bits per heavy atom. The molecule has 0 saturated heterocycles. The smallest absolute Gasteiger partial charge is 0.286 e. The fourth-order valence-electron chi connectivity index (χ4n) is 0.632. The van der Waals surface area contributed by atoms with E-state index in [1.165, 1.54) is 7.05 Å². The molecule has 1 rings (SSSR count). The van der Waals surface area contributed by atoms with Gasteiger partial charge in [-0.3, -0.25) is 4.79 Å². The lowest BCUT2D eigenvalue weighted by molar-refractivity contribution is 0.542. The van der Waals surface area contributed by atoms with Crippen LogP contribution in [-0.4, -0.2) is 4.57 Å². The molecule has 1 aromatic rings. The van der Waals surface area contributed by atoms with Gasteiger partial charge in [-0.1, -0.05) is 0 Å². The van der Waals surface area contributed by atoms with E-state index in [-0.39, 0.29) is 0 Å². The third-order valence-corrected chi connectivity index (χ3v) is 1.11. The lowest BCUT2D eigenvalue weighted by Crippen LogP contribution is -2.19. The summed E-state index contributed by atoms with van der Waals surface area (Å²) in [5.74, 6) is -1.82. The summed E-state index contributed by atoms with van der Waals surface area (Å²) in [6.45, 7) is 0. The number of aryl methyl sites for hydroxylation is 1. The Balaban J connectivity index is 3.46. The van der Waals surface area contributed by atoms with Crippen molar-refractivity contribution in [3.05, 3.63) is 34.3 Å². The number of hydrogen-bond acceptors (Lipinski definition) is 1. The molecule has 0 aliphatic rings. The lowest BCUT2D eigenvalue weighted by Gasteiger charge is -1.95. The summed E-state index contributed by atoms with van der Waals surface area (Å²) >= 11 is 0. The number of rotatable bonds is 0. The lowest BCUT2D eigenvalue weighted by atomic mass is 10.4. The first-order valence-electron chi connectivity index (χ1n) is 2.63. The van der Waals surface area contributed by atoms with E-state index in [4.69, 9.17) is 0 Å². The van der Waals surface area contributed by atoms with E-state index in [1.807, 2.05) is 0 Å². The molecule has 0 aliphatic carbocycles. The molecule has 10 heavy (non-hydrogen) atoms. The quantitative estimate of drug-likeness (QED) is 0.525. The Labute approximate surface area is 55.7 Å². The Kier molecular flexibility index (Phi) is 1.53. The predicted molar refractivity (Wildman–Crippen MR) is 31.6 cm³/mol. The first-order chi connectivity index (χ1) is 4.61. The largest absolute Gasteiger partial charge is 0.313 e. The molecule has 0 fully saturated rings. The average molecular weight is 145 g/mol. The SMILES string of the molecule is Cn1cc(F)cc(F)c1=O. The first-order valence-corrected chi connectivity index (χ1v) is 2.63. The minimum absolute atomic E-state index is 0.558. The molecule has 0 unspecified atom stereocenters. The van der Waals surface area contributed by atoms with Crippen LogP contribution in [0.5, 0.6) is 0 Å². The van der Waals surface area contributed by atoms with Gasteiger partial charge in [0.1, 0.15) is 5.82 Å². The zero-order valence-electron chi connectivity index (χ0n) is 5.27. The fraction of sp³-hybridized carbons (Fsp3) is 0.167. The van der Waals surface area contributed by atoms with Gasteiger partial charge in [0.15, 0.2) is 5.82 Å². The van der Waals surface area contributed by atoms with E-state index in [9.17, 15) is 13.6 Å². The molecule has 4 heteroatoms. The topological polar surface area (TPSA) is 22.0 Å². The van der Waals surface area contributed by atoms with Crippen LogP contribution < -0.4 is 5.56 Å². The second-order valence-electron chi connectivity index (χ2n) is 1.92. The van der Waals surface area contributed by atoms with Crippen molar-refractivity contribution >= 4 is 0 Å². The summed E-state index contributed by atoms with van der Waals surface area (Å²) < 4.78 is 25.3. The highest BCUT2D eigenvalue weighted by Crippen LogP contribution is 1.94. The van der Waals surface area contributed by atoms with Crippen molar-refractivity contribution in [3.8, 4) is 0 Å². The average Bonchev–Trinajstić information content (AvgIpc) is 1.82. The summed E-state index contributed by atoms with van der Waals surface area (Å²) in [5.41, 5.74) is -0.818. The molecule has 0 N–H and O–H groups in total. The van der Waals surface area contributed by atoms with Crippen LogP contribution in [0.1, 0.15) is 0 Å². The summed E-state index contributed by atoms with van der Waals surface area (Å²) in [7, 11) is 1.29. The van der Waals surface area contributed by atoms with Crippen LogP contribution in [0.15, 0.2) is 17.1 Å². The van der Waals surface area contributed by atoms with Crippen molar-refractivity contribution in [2.45, 2.75) is 0 Å². The van der Waals surface area contributed by atoms with E-state index in [0.717, 1.165) is 10.8 Å². The number of hydrogen-bond donors (Lipinski definition) is 0. The highest BCUT2D eigenvalue weighted by atomic mass is 19.1. The molecule has 0 saturated carbocycles. The van der Waals surface area contributed by atoms with Crippen molar-refractivity contribution in [3.63, 3.8) is 0 Å². The normalized spacial score (nSPS) is 9.90. The monoisotopic (exact) mass is 145 g/mol. The van der Waals surface area contributed by atoms with Gasteiger partial charge in [-0.15, -0.1) is 0 Å². The van der Waals surface area contributed by atoms with Crippen LogP contribution >= 0.6 is 0 Å². The van der Waals surface area contributed by atoms with Crippen LogP contribution in [0.25, 0.3) is 0 Å². The van der Waals surface area contributed by atoms with Gasteiger partial charge in [0.05, 0.1) is 0 Å². The molecule has 0 amide bonds. The van der Waals surface area contributed by atoms with Gasteiger partial charge in [0.2, 0.25) is 0 Å². The second kappa shape index (κ2) is 2.21. The van der Waals surface area contributed by atoms with Gasteiger partial charge < -0.3 is 4.57 Å². The highest BCUT2D eigenvalue weighted by Gasteiger charge is 2.01. The fourth-order valence-corrected chi connectivity index (χ4v) is 0.632. The minimum atomic E-state index is -1.07. The Bertz CT molecular complexity index is 279. The van der Waals surface area contributed by atoms with E-state index in [0.29, 0.717) is 6.07 Å². The Morgan fingerprint density at radius 3 is 2.60 bits per heavy atom. The summed E-state index contributed by atoms with van der Waals surface area (Å²) in [5, 5.41) is 0. The third kappa shape index (κ3) is 1.05. The number of nitrogens with zero attached hydrogens (tertiary/aromatic N) is 1. The first kappa shape index (κ1) is 6.92. The molecular weight excluding hydrogens is 140 g/mol. The molecule has 0 radical (unpaired) electrons. The molecule has 1 aromatic heterocycles. The highest BCUT2D eigenvalue weighted by molar-refractivity contribution is 4.98. The van der Waals surface area contributed by atoms with Crippen LogP contribution in [0, 0.1) is 11.6 Å². The zero-order chi connectivity index (χ0) is 7.72. The summed E-state index contributed by atoms with van der Waals surface area (Å²) in [6, 6.07) is 0.558. The molecule has 54 valence electrons. The molecular formula is C6H5F2NO. The zero-order valence-corrected chi connectivity index (χ0v) is 5.27. The van der Waals surface area contributed by atoms with Crippen molar-refractivity contribution in [2.24, 2.45) is 7.05 Å². The van der Waals surface area contributed by atoms with Crippen molar-refractivity contribution in [1.29, 1.82) is 0 Å².